The maximum atomic E-state index is 10.8. The highest BCUT2D eigenvalue weighted by atomic mass is 16.1. The highest BCUT2D eigenvalue weighted by molar-refractivity contribution is 5.93. The quantitative estimate of drug-likeness (QED) is 0.542. The third kappa shape index (κ3) is 2.21. The summed E-state index contributed by atoms with van der Waals surface area (Å²) in [4.78, 5) is 12.7. The maximum Gasteiger partial charge on any atom is 0.157 e. The number of ketones is 1. The summed E-state index contributed by atoms with van der Waals surface area (Å²) in [6.07, 6.45) is 0. The van der Waals surface area contributed by atoms with Gasteiger partial charge < -0.3 is 4.90 Å². The van der Waals surface area contributed by atoms with Crippen LogP contribution in [0.5, 0.6) is 0 Å². The third-order valence-corrected chi connectivity index (χ3v) is 1.74. The Labute approximate surface area is 62.5 Å². The Morgan fingerprint density at radius 1 is 1.10 bits per heavy atom. The van der Waals surface area contributed by atoms with Gasteiger partial charge in [-0.3, -0.25) is 4.79 Å². The summed E-state index contributed by atoms with van der Waals surface area (Å²) in [5.41, 5.74) is 1.87. The molecule has 0 bridgehead atoms. The number of hydrogen-bond acceptors (Lipinski definition) is 2. The molecule has 58 valence electrons. The van der Waals surface area contributed by atoms with E-state index in [0.29, 0.717) is 0 Å². The largest absolute Gasteiger partial charge is 0.381 e. The molecule has 10 heavy (non-hydrogen) atoms. The molecule has 0 aliphatic heterocycles. The summed E-state index contributed by atoms with van der Waals surface area (Å²) in [6, 6.07) is 0. The van der Waals surface area contributed by atoms with Crippen LogP contribution in [0.4, 0.5) is 0 Å². The molecule has 0 aromatic heterocycles. The highest BCUT2D eigenvalue weighted by Gasteiger charge is 2.02. The van der Waals surface area contributed by atoms with Gasteiger partial charge in [-0.15, -0.1) is 0 Å². The lowest BCUT2D eigenvalue weighted by atomic mass is 10.2. The lowest BCUT2D eigenvalue weighted by Gasteiger charge is -2.14. The molecule has 0 N–H and O–H groups in total. The van der Waals surface area contributed by atoms with Crippen molar-refractivity contribution in [3.8, 4) is 0 Å². The fourth-order valence-corrected chi connectivity index (χ4v) is 0.590. The van der Waals surface area contributed by atoms with Crippen LogP contribution >= 0.6 is 0 Å². The van der Waals surface area contributed by atoms with Crippen LogP contribution in [0, 0.1) is 0 Å². The Morgan fingerprint density at radius 3 is 1.60 bits per heavy atom. The second-order valence-electron chi connectivity index (χ2n) is 2.66. The van der Waals surface area contributed by atoms with Crippen molar-refractivity contribution in [2.45, 2.75) is 20.8 Å². The fourth-order valence-electron chi connectivity index (χ4n) is 0.590. The summed E-state index contributed by atoms with van der Waals surface area (Å²) < 4.78 is 0. The summed E-state index contributed by atoms with van der Waals surface area (Å²) >= 11 is 0. The predicted octanol–water partition coefficient (Wildman–Crippen LogP) is 1.43. The van der Waals surface area contributed by atoms with E-state index >= 15 is 0 Å². The Morgan fingerprint density at radius 2 is 1.50 bits per heavy atom. The summed E-state index contributed by atoms with van der Waals surface area (Å²) in [6.45, 7) is 5.37. The van der Waals surface area contributed by atoms with Crippen molar-refractivity contribution in [2.24, 2.45) is 0 Å². The van der Waals surface area contributed by atoms with E-state index in [1.54, 1.807) is 6.92 Å². The molecular weight excluding hydrogens is 126 g/mol. The van der Waals surface area contributed by atoms with Crippen LogP contribution in [0.1, 0.15) is 20.8 Å². The van der Waals surface area contributed by atoms with Crippen molar-refractivity contribution in [1.82, 2.24) is 4.90 Å². The summed E-state index contributed by atoms with van der Waals surface area (Å²) in [7, 11) is 3.86. The molecule has 0 fully saturated rings. The van der Waals surface area contributed by atoms with E-state index in [4.69, 9.17) is 0 Å². The first kappa shape index (κ1) is 9.21. The second-order valence-corrected chi connectivity index (χ2v) is 2.66. The first-order valence-corrected chi connectivity index (χ1v) is 3.32. The van der Waals surface area contributed by atoms with Crippen molar-refractivity contribution in [1.29, 1.82) is 0 Å². The van der Waals surface area contributed by atoms with Crippen LogP contribution < -0.4 is 0 Å². The predicted molar refractivity (Wildman–Crippen MR) is 42.7 cm³/mol. The lowest BCUT2D eigenvalue weighted by molar-refractivity contribution is -0.113. The number of allylic oxidation sites excluding steroid dienone is 2. The Hall–Kier alpha value is -0.790. The van der Waals surface area contributed by atoms with Crippen LogP contribution in [0.2, 0.25) is 0 Å². The van der Waals surface area contributed by atoms with E-state index in [1.807, 2.05) is 32.8 Å². The third-order valence-electron chi connectivity index (χ3n) is 1.74. The molecule has 0 aliphatic rings. The molecule has 2 nitrogen and oxygen atoms in total. The number of rotatable bonds is 2. The molecule has 0 saturated carbocycles. The standard InChI is InChI=1S/C8H15NO/c1-6(8(3)10)7(2)9(4)5/h1-5H3/b7-6+. The average Bonchev–Trinajstić information content (AvgIpc) is 1.84. The molecule has 0 aromatic carbocycles. The fraction of sp³-hybridized carbons (Fsp3) is 0.625. The van der Waals surface area contributed by atoms with Crippen molar-refractivity contribution in [3.05, 3.63) is 11.3 Å². The number of carbonyl (C=O) groups is 1. The van der Waals surface area contributed by atoms with Gasteiger partial charge in [-0.2, -0.15) is 0 Å². The molecule has 0 aliphatic carbocycles. The zero-order valence-electron chi connectivity index (χ0n) is 7.36. The van der Waals surface area contributed by atoms with Crippen molar-refractivity contribution in [3.63, 3.8) is 0 Å². The van der Waals surface area contributed by atoms with Gasteiger partial charge >= 0.3 is 0 Å². The van der Waals surface area contributed by atoms with E-state index < -0.39 is 0 Å². The van der Waals surface area contributed by atoms with Gasteiger partial charge in [0.15, 0.2) is 5.78 Å². The zero-order valence-corrected chi connectivity index (χ0v) is 7.36. The molecule has 0 radical (unpaired) electrons. The van der Waals surface area contributed by atoms with Crippen LogP contribution in [-0.2, 0) is 4.79 Å². The van der Waals surface area contributed by atoms with Gasteiger partial charge in [-0.05, 0) is 20.8 Å². The number of carbonyl (C=O) groups excluding carboxylic acids is 1. The minimum atomic E-state index is 0.145. The van der Waals surface area contributed by atoms with Gasteiger partial charge in [0.25, 0.3) is 0 Å². The van der Waals surface area contributed by atoms with E-state index in [0.717, 1.165) is 11.3 Å². The second kappa shape index (κ2) is 3.40. The minimum absolute atomic E-state index is 0.145. The molecule has 0 heterocycles. The van der Waals surface area contributed by atoms with Crippen LogP contribution in [-0.4, -0.2) is 24.8 Å². The molecule has 0 amide bonds. The SMILES string of the molecule is CC(=O)/C(C)=C(\C)N(C)C. The normalized spacial score (nSPS) is 12.5. The van der Waals surface area contributed by atoms with Crippen LogP contribution in [0.3, 0.4) is 0 Å². The van der Waals surface area contributed by atoms with E-state index in [2.05, 4.69) is 0 Å². The smallest absolute Gasteiger partial charge is 0.157 e. The molecule has 2 heteroatoms. The molecule has 0 saturated heterocycles. The Balaban J connectivity index is 4.50. The van der Waals surface area contributed by atoms with Gasteiger partial charge in [-0.1, -0.05) is 0 Å². The number of nitrogens with zero attached hydrogens (tertiary/aromatic N) is 1. The average molecular weight is 141 g/mol. The molecule has 0 rings (SSSR count). The van der Waals surface area contributed by atoms with Crippen molar-refractivity contribution < 1.29 is 4.79 Å². The minimum Gasteiger partial charge on any atom is -0.381 e. The van der Waals surface area contributed by atoms with Gasteiger partial charge in [0.05, 0.1) is 0 Å². The van der Waals surface area contributed by atoms with Gasteiger partial charge in [0.2, 0.25) is 0 Å². The Bertz CT molecular complexity index is 168. The number of hydrogen-bond donors (Lipinski definition) is 0. The molecular formula is C8H15NO. The van der Waals surface area contributed by atoms with Crippen LogP contribution in [0.25, 0.3) is 0 Å². The lowest BCUT2D eigenvalue weighted by Crippen LogP contribution is -2.12. The van der Waals surface area contributed by atoms with Crippen molar-refractivity contribution in [2.75, 3.05) is 14.1 Å². The topological polar surface area (TPSA) is 20.3 Å². The molecule has 0 unspecified atom stereocenters. The number of Topliss-reactive ketones (excluding diaryl/α,β-unsaturated/α-hetero) is 1. The first-order chi connectivity index (χ1) is 4.46. The van der Waals surface area contributed by atoms with E-state index in [9.17, 15) is 4.79 Å². The Kier molecular flexibility index (Phi) is 3.13. The van der Waals surface area contributed by atoms with Crippen molar-refractivity contribution >= 4 is 5.78 Å². The first-order valence-electron chi connectivity index (χ1n) is 3.32. The summed E-state index contributed by atoms with van der Waals surface area (Å²) in [5, 5.41) is 0. The van der Waals surface area contributed by atoms with Crippen LogP contribution in [0.15, 0.2) is 11.3 Å². The highest BCUT2D eigenvalue weighted by Crippen LogP contribution is 2.05. The van der Waals surface area contributed by atoms with Gasteiger partial charge in [-0.25, -0.2) is 0 Å². The summed E-state index contributed by atoms with van der Waals surface area (Å²) in [5.74, 6) is 0.145. The maximum absolute atomic E-state index is 10.8. The molecule has 0 atom stereocenters. The molecule has 0 aromatic rings. The molecule has 0 spiro atoms. The van der Waals surface area contributed by atoms with Gasteiger partial charge in [0, 0.05) is 25.4 Å². The van der Waals surface area contributed by atoms with E-state index in [-0.39, 0.29) is 5.78 Å². The monoisotopic (exact) mass is 141 g/mol. The van der Waals surface area contributed by atoms with Gasteiger partial charge in [0.1, 0.15) is 0 Å². The zero-order chi connectivity index (χ0) is 8.31. The van der Waals surface area contributed by atoms with E-state index in [1.165, 1.54) is 0 Å².